The summed E-state index contributed by atoms with van der Waals surface area (Å²) >= 11 is 0. The molecule has 1 aliphatic heterocycles. The number of benzene rings is 1. The third-order valence-corrected chi connectivity index (χ3v) is 4.09. The normalized spacial score (nSPS) is 15.5. The lowest BCUT2D eigenvalue weighted by Crippen LogP contribution is -2.44. The van der Waals surface area contributed by atoms with E-state index in [0.717, 1.165) is 24.2 Å². The summed E-state index contributed by atoms with van der Waals surface area (Å²) in [4.78, 5) is 15.8. The number of hydrogen-bond acceptors (Lipinski definition) is 5. The van der Waals surface area contributed by atoms with E-state index in [0.29, 0.717) is 18.7 Å². The Morgan fingerprint density at radius 2 is 1.96 bits per heavy atom. The summed E-state index contributed by atoms with van der Waals surface area (Å²) in [6.45, 7) is 6.84. The van der Waals surface area contributed by atoms with E-state index in [2.05, 4.69) is 6.07 Å². The average molecular weight is 371 g/mol. The molecule has 0 unspecified atom stereocenters. The number of likely N-dealkylation sites (tertiary alicyclic amines) is 1. The van der Waals surface area contributed by atoms with E-state index in [1.165, 1.54) is 0 Å². The number of ether oxygens (including phenoxy) is 2. The molecule has 0 spiro atoms. The van der Waals surface area contributed by atoms with Crippen LogP contribution in [-0.2, 0) is 4.74 Å². The lowest BCUT2D eigenvalue weighted by Gasteiger charge is -2.33. The van der Waals surface area contributed by atoms with Crippen LogP contribution in [0.3, 0.4) is 0 Å². The standard InChI is InChI=1S/C21H29N3O3/c1-21(2,3)27-20(25)24-12-9-18(10-13-24)26-19-7-6-17(15-22)16(14-19)8-11-23(4)5/h6-8,11,14,18H,9-10,12-13H2,1-5H3. The topological polar surface area (TPSA) is 65.8 Å². The molecule has 6 heteroatoms. The summed E-state index contributed by atoms with van der Waals surface area (Å²) < 4.78 is 11.5. The molecule has 1 aromatic rings. The second kappa shape index (κ2) is 8.81. The molecule has 1 fully saturated rings. The molecular formula is C21H29N3O3. The van der Waals surface area contributed by atoms with E-state index < -0.39 is 5.60 Å². The number of rotatable bonds is 4. The molecule has 1 heterocycles. The van der Waals surface area contributed by atoms with Crippen LogP contribution in [0.1, 0.15) is 44.7 Å². The minimum atomic E-state index is -0.483. The van der Waals surface area contributed by atoms with Gasteiger partial charge < -0.3 is 19.3 Å². The summed E-state index contributed by atoms with van der Waals surface area (Å²) in [6, 6.07) is 7.69. The maximum atomic E-state index is 12.1. The zero-order chi connectivity index (χ0) is 20.0. The summed E-state index contributed by atoms with van der Waals surface area (Å²) in [7, 11) is 3.86. The molecule has 1 aromatic carbocycles. The van der Waals surface area contributed by atoms with E-state index in [1.54, 1.807) is 11.0 Å². The van der Waals surface area contributed by atoms with Crippen LogP contribution in [-0.4, -0.2) is 54.8 Å². The van der Waals surface area contributed by atoms with Gasteiger partial charge in [0.25, 0.3) is 0 Å². The Labute approximate surface area is 162 Å². The van der Waals surface area contributed by atoms with Crippen molar-refractivity contribution in [2.75, 3.05) is 27.2 Å². The van der Waals surface area contributed by atoms with Crippen LogP contribution in [0.25, 0.3) is 6.08 Å². The monoisotopic (exact) mass is 371 g/mol. The Morgan fingerprint density at radius 1 is 1.30 bits per heavy atom. The van der Waals surface area contributed by atoms with Crippen molar-refractivity contribution in [1.82, 2.24) is 9.80 Å². The smallest absolute Gasteiger partial charge is 0.410 e. The summed E-state index contributed by atoms with van der Waals surface area (Å²) in [5.41, 5.74) is 0.957. The quantitative estimate of drug-likeness (QED) is 0.804. The Bertz CT molecular complexity index is 721. The second-order valence-electron chi connectivity index (χ2n) is 7.92. The highest BCUT2D eigenvalue weighted by atomic mass is 16.6. The van der Waals surface area contributed by atoms with Crippen LogP contribution in [0.2, 0.25) is 0 Å². The van der Waals surface area contributed by atoms with Crippen molar-refractivity contribution in [3.63, 3.8) is 0 Å². The summed E-state index contributed by atoms with van der Waals surface area (Å²) in [5.74, 6) is 0.739. The van der Waals surface area contributed by atoms with Crippen molar-refractivity contribution < 1.29 is 14.3 Å². The van der Waals surface area contributed by atoms with Gasteiger partial charge in [-0.15, -0.1) is 0 Å². The first-order chi connectivity index (χ1) is 12.7. The molecule has 146 valence electrons. The van der Waals surface area contributed by atoms with Crippen molar-refractivity contribution in [2.24, 2.45) is 0 Å². The maximum Gasteiger partial charge on any atom is 0.410 e. The van der Waals surface area contributed by atoms with Crippen molar-refractivity contribution in [2.45, 2.75) is 45.3 Å². The third-order valence-electron chi connectivity index (χ3n) is 4.09. The first-order valence-corrected chi connectivity index (χ1v) is 9.21. The van der Waals surface area contributed by atoms with Gasteiger partial charge in [0.2, 0.25) is 0 Å². The van der Waals surface area contributed by atoms with Crippen molar-refractivity contribution in [3.8, 4) is 11.8 Å². The van der Waals surface area contributed by atoms with Crippen LogP contribution < -0.4 is 4.74 Å². The van der Waals surface area contributed by atoms with Gasteiger partial charge in [0.1, 0.15) is 17.5 Å². The molecule has 0 radical (unpaired) electrons. The van der Waals surface area contributed by atoms with Crippen molar-refractivity contribution >= 4 is 12.2 Å². The SMILES string of the molecule is CN(C)C=Cc1cc(OC2CCN(C(=O)OC(C)(C)C)CC2)ccc1C#N. The van der Waals surface area contributed by atoms with Gasteiger partial charge in [-0.3, -0.25) is 0 Å². The van der Waals surface area contributed by atoms with Crippen LogP contribution in [0, 0.1) is 11.3 Å². The molecule has 0 saturated carbocycles. The Hall–Kier alpha value is -2.68. The lowest BCUT2D eigenvalue weighted by molar-refractivity contribution is 0.0126. The molecule has 1 amide bonds. The van der Waals surface area contributed by atoms with Crippen molar-refractivity contribution in [3.05, 3.63) is 35.5 Å². The highest BCUT2D eigenvalue weighted by Gasteiger charge is 2.27. The number of nitriles is 1. The van der Waals surface area contributed by atoms with E-state index >= 15 is 0 Å². The Morgan fingerprint density at radius 3 is 2.52 bits per heavy atom. The van der Waals surface area contributed by atoms with E-state index in [-0.39, 0.29) is 12.2 Å². The first kappa shape index (κ1) is 20.6. The predicted molar refractivity (Wildman–Crippen MR) is 105 cm³/mol. The van der Waals surface area contributed by atoms with E-state index in [1.807, 2.05) is 64.2 Å². The molecule has 0 aromatic heterocycles. The lowest BCUT2D eigenvalue weighted by atomic mass is 10.1. The third kappa shape index (κ3) is 6.52. The van der Waals surface area contributed by atoms with Crippen LogP contribution >= 0.6 is 0 Å². The number of carbonyl (C=O) groups excluding carboxylic acids is 1. The zero-order valence-electron chi connectivity index (χ0n) is 16.9. The van der Waals surface area contributed by atoms with Gasteiger partial charge in [0.05, 0.1) is 11.6 Å². The first-order valence-electron chi connectivity index (χ1n) is 9.21. The maximum absolute atomic E-state index is 12.1. The summed E-state index contributed by atoms with van der Waals surface area (Å²) in [5, 5.41) is 9.27. The molecule has 1 saturated heterocycles. The van der Waals surface area contributed by atoms with E-state index in [9.17, 15) is 10.1 Å². The van der Waals surface area contributed by atoms with Gasteiger partial charge in [-0.25, -0.2) is 4.79 Å². The second-order valence-corrected chi connectivity index (χ2v) is 7.92. The largest absolute Gasteiger partial charge is 0.490 e. The Balaban J connectivity index is 1.96. The van der Waals surface area contributed by atoms with Gasteiger partial charge in [-0.05, 0) is 56.8 Å². The van der Waals surface area contributed by atoms with Gasteiger partial charge in [0, 0.05) is 40.0 Å². The summed E-state index contributed by atoms with van der Waals surface area (Å²) in [6.07, 6.45) is 5.08. The fraction of sp³-hybridized carbons (Fsp3) is 0.524. The molecule has 1 aliphatic rings. The molecule has 0 aliphatic carbocycles. The van der Waals surface area contributed by atoms with Gasteiger partial charge >= 0.3 is 6.09 Å². The molecule has 0 N–H and O–H groups in total. The minimum Gasteiger partial charge on any atom is -0.490 e. The number of hydrogen-bond donors (Lipinski definition) is 0. The predicted octanol–water partition coefficient (Wildman–Crippen LogP) is 3.87. The fourth-order valence-corrected chi connectivity index (χ4v) is 2.76. The van der Waals surface area contributed by atoms with Gasteiger partial charge in [-0.2, -0.15) is 5.26 Å². The highest BCUT2D eigenvalue weighted by molar-refractivity contribution is 5.68. The molecule has 0 bridgehead atoms. The Kier molecular flexibility index (Phi) is 6.73. The molecule has 27 heavy (non-hydrogen) atoms. The van der Waals surface area contributed by atoms with Crippen LogP contribution in [0.15, 0.2) is 24.4 Å². The van der Waals surface area contributed by atoms with Gasteiger partial charge in [-0.1, -0.05) is 0 Å². The van der Waals surface area contributed by atoms with Crippen molar-refractivity contribution in [1.29, 1.82) is 5.26 Å². The highest BCUT2D eigenvalue weighted by Crippen LogP contribution is 2.24. The molecule has 0 atom stereocenters. The zero-order valence-corrected chi connectivity index (χ0v) is 16.9. The fourth-order valence-electron chi connectivity index (χ4n) is 2.76. The number of piperidine rings is 1. The number of nitrogens with zero attached hydrogens (tertiary/aromatic N) is 3. The molecule has 6 nitrogen and oxygen atoms in total. The number of carbonyl (C=O) groups is 1. The van der Waals surface area contributed by atoms with E-state index in [4.69, 9.17) is 9.47 Å². The van der Waals surface area contributed by atoms with Crippen LogP contribution in [0.4, 0.5) is 4.79 Å². The minimum absolute atomic E-state index is 0.0438. The molecular weight excluding hydrogens is 342 g/mol. The van der Waals surface area contributed by atoms with Crippen LogP contribution in [0.5, 0.6) is 5.75 Å². The number of amides is 1. The average Bonchev–Trinajstić information content (AvgIpc) is 2.59. The van der Waals surface area contributed by atoms with Gasteiger partial charge in [0.15, 0.2) is 0 Å². The molecule has 2 rings (SSSR count).